The Morgan fingerprint density at radius 2 is 2.31 bits per heavy atom. The van der Waals surface area contributed by atoms with Gasteiger partial charge in [-0.25, -0.2) is 9.67 Å². The summed E-state index contributed by atoms with van der Waals surface area (Å²) in [5.74, 6) is 0. The maximum absolute atomic E-state index is 5.46. The molecule has 0 spiro atoms. The summed E-state index contributed by atoms with van der Waals surface area (Å²) < 4.78 is 1.81. The lowest BCUT2D eigenvalue weighted by atomic mass is 10.3. The molecule has 0 aromatic carbocycles. The van der Waals surface area contributed by atoms with Crippen molar-refractivity contribution in [2.45, 2.75) is 26.3 Å². The molecule has 0 atom stereocenters. The third-order valence-electron chi connectivity index (χ3n) is 2.21. The summed E-state index contributed by atoms with van der Waals surface area (Å²) in [4.78, 5) is 4.48. The Balaban J connectivity index is 2.02. The summed E-state index contributed by atoms with van der Waals surface area (Å²) in [6, 6.07) is 0. The molecule has 0 fully saturated rings. The first-order chi connectivity index (χ1) is 7.81. The summed E-state index contributed by atoms with van der Waals surface area (Å²) in [6.07, 6.45) is 3.69. The zero-order chi connectivity index (χ0) is 11.4. The van der Waals surface area contributed by atoms with Crippen LogP contribution in [0.4, 0.5) is 0 Å². The largest absolute Gasteiger partial charge is 0.330 e. The van der Waals surface area contributed by atoms with Gasteiger partial charge in [0.05, 0.1) is 22.9 Å². The number of hydrogen-bond donors (Lipinski definition) is 1. The van der Waals surface area contributed by atoms with E-state index in [0.717, 1.165) is 29.2 Å². The second-order valence-corrected chi connectivity index (χ2v) is 4.47. The number of hydrogen-bond acceptors (Lipinski definition) is 5. The topological polar surface area (TPSA) is 69.6 Å². The minimum Gasteiger partial charge on any atom is -0.330 e. The molecule has 6 heteroatoms. The maximum atomic E-state index is 5.46. The molecule has 0 saturated carbocycles. The van der Waals surface area contributed by atoms with Crippen LogP contribution < -0.4 is 5.73 Å². The van der Waals surface area contributed by atoms with Crippen molar-refractivity contribution in [2.24, 2.45) is 5.73 Å². The van der Waals surface area contributed by atoms with Crippen molar-refractivity contribution >= 4 is 11.3 Å². The molecular weight excluding hydrogens is 222 g/mol. The van der Waals surface area contributed by atoms with E-state index in [1.165, 1.54) is 0 Å². The van der Waals surface area contributed by atoms with Gasteiger partial charge in [-0.15, -0.1) is 16.4 Å². The van der Waals surface area contributed by atoms with Crippen LogP contribution in [0.15, 0.2) is 11.6 Å². The Hall–Kier alpha value is -1.27. The molecule has 0 aliphatic rings. The summed E-state index contributed by atoms with van der Waals surface area (Å²) in [5.41, 5.74) is 7.44. The molecule has 0 aliphatic heterocycles. The van der Waals surface area contributed by atoms with Crippen molar-refractivity contribution in [1.29, 1.82) is 0 Å². The van der Waals surface area contributed by atoms with Crippen molar-refractivity contribution in [3.05, 3.63) is 28.0 Å². The molecule has 86 valence electrons. The molecule has 2 aromatic rings. The van der Waals surface area contributed by atoms with E-state index < -0.39 is 0 Å². The summed E-state index contributed by atoms with van der Waals surface area (Å²) in [7, 11) is 0. The highest BCUT2D eigenvalue weighted by molar-refractivity contribution is 7.09. The van der Waals surface area contributed by atoms with Gasteiger partial charge in [0, 0.05) is 18.0 Å². The molecule has 0 amide bonds. The molecule has 2 heterocycles. The Morgan fingerprint density at radius 3 is 3.00 bits per heavy atom. The lowest BCUT2D eigenvalue weighted by molar-refractivity contribution is 0.639. The summed E-state index contributed by atoms with van der Waals surface area (Å²) >= 11 is 1.69. The SMILES string of the molecule is CCc1nc(Cn2cc(CCN)nn2)cs1. The Morgan fingerprint density at radius 1 is 1.44 bits per heavy atom. The van der Waals surface area contributed by atoms with Crippen LogP contribution in [0.3, 0.4) is 0 Å². The lowest BCUT2D eigenvalue weighted by Gasteiger charge is -1.94. The molecule has 0 unspecified atom stereocenters. The van der Waals surface area contributed by atoms with Gasteiger partial charge in [-0.2, -0.15) is 0 Å². The second kappa shape index (κ2) is 5.18. The first-order valence-corrected chi connectivity index (χ1v) is 6.22. The van der Waals surface area contributed by atoms with E-state index in [4.69, 9.17) is 5.73 Å². The Kier molecular flexibility index (Phi) is 3.63. The van der Waals surface area contributed by atoms with Crippen molar-refractivity contribution in [1.82, 2.24) is 20.0 Å². The molecule has 5 nitrogen and oxygen atoms in total. The van der Waals surface area contributed by atoms with E-state index in [-0.39, 0.29) is 0 Å². The van der Waals surface area contributed by atoms with E-state index in [9.17, 15) is 0 Å². The zero-order valence-electron chi connectivity index (χ0n) is 9.26. The maximum Gasteiger partial charge on any atom is 0.0926 e. The zero-order valence-corrected chi connectivity index (χ0v) is 10.1. The van der Waals surface area contributed by atoms with Gasteiger partial charge in [-0.3, -0.25) is 0 Å². The number of thiazole rings is 1. The molecule has 0 radical (unpaired) electrons. The molecule has 0 saturated heterocycles. The number of nitrogens with zero attached hydrogens (tertiary/aromatic N) is 4. The highest BCUT2D eigenvalue weighted by atomic mass is 32.1. The van der Waals surface area contributed by atoms with Crippen LogP contribution in [-0.2, 0) is 19.4 Å². The fourth-order valence-electron chi connectivity index (χ4n) is 1.43. The molecule has 0 bridgehead atoms. The number of aromatic nitrogens is 4. The van der Waals surface area contributed by atoms with Crippen molar-refractivity contribution in [3.8, 4) is 0 Å². The smallest absolute Gasteiger partial charge is 0.0926 e. The Labute approximate surface area is 98.3 Å². The van der Waals surface area contributed by atoms with Crippen LogP contribution in [0.25, 0.3) is 0 Å². The summed E-state index contributed by atoms with van der Waals surface area (Å²) in [5, 5.41) is 11.3. The Bertz CT molecular complexity index is 448. The van der Waals surface area contributed by atoms with E-state index >= 15 is 0 Å². The lowest BCUT2D eigenvalue weighted by Crippen LogP contribution is -2.03. The molecule has 0 aliphatic carbocycles. The fraction of sp³-hybridized carbons (Fsp3) is 0.500. The van der Waals surface area contributed by atoms with Gasteiger partial charge in [0.25, 0.3) is 0 Å². The van der Waals surface area contributed by atoms with Crippen LogP contribution in [0.1, 0.15) is 23.3 Å². The van der Waals surface area contributed by atoms with Gasteiger partial charge in [0.1, 0.15) is 0 Å². The van der Waals surface area contributed by atoms with E-state index in [1.54, 1.807) is 16.0 Å². The van der Waals surface area contributed by atoms with Gasteiger partial charge < -0.3 is 5.73 Å². The number of nitrogens with two attached hydrogens (primary N) is 1. The van der Waals surface area contributed by atoms with Crippen LogP contribution in [0, 0.1) is 0 Å². The molecule has 2 N–H and O–H groups in total. The number of rotatable bonds is 5. The van der Waals surface area contributed by atoms with Crippen molar-refractivity contribution in [3.63, 3.8) is 0 Å². The normalized spacial score (nSPS) is 10.9. The van der Waals surface area contributed by atoms with Crippen LogP contribution in [0.2, 0.25) is 0 Å². The third kappa shape index (κ3) is 2.65. The molecule has 2 rings (SSSR count). The standard InChI is InChI=1S/C10H15N5S/c1-2-10-12-9(7-16-10)6-15-5-8(3-4-11)13-14-15/h5,7H,2-4,6,11H2,1H3. The predicted molar refractivity (Wildman–Crippen MR) is 63.4 cm³/mol. The molecular formula is C10H15N5S. The summed E-state index contributed by atoms with van der Waals surface area (Å²) in [6.45, 7) is 3.40. The first kappa shape index (κ1) is 11.2. The quantitative estimate of drug-likeness (QED) is 0.837. The molecule has 2 aromatic heterocycles. The van der Waals surface area contributed by atoms with Crippen molar-refractivity contribution in [2.75, 3.05) is 6.54 Å². The van der Waals surface area contributed by atoms with Crippen molar-refractivity contribution < 1.29 is 0 Å². The molecule has 16 heavy (non-hydrogen) atoms. The predicted octanol–water partition coefficient (Wildman–Crippen LogP) is 0.846. The highest BCUT2D eigenvalue weighted by Gasteiger charge is 2.04. The van der Waals surface area contributed by atoms with Crippen LogP contribution >= 0.6 is 11.3 Å². The average molecular weight is 237 g/mol. The van der Waals surface area contributed by atoms with E-state index in [1.807, 2.05) is 6.20 Å². The van der Waals surface area contributed by atoms with E-state index in [2.05, 4.69) is 27.6 Å². The first-order valence-electron chi connectivity index (χ1n) is 5.34. The highest BCUT2D eigenvalue weighted by Crippen LogP contribution is 2.11. The van der Waals surface area contributed by atoms with E-state index in [0.29, 0.717) is 13.1 Å². The van der Waals surface area contributed by atoms with Gasteiger partial charge in [0.15, 0.2) is 0 Å². The average Bonchev–Trinajstić information content (AvgIpc) is 2.89. The van der Waals surface area contributed by atoms with Gasteiger partial charge in [-0.05, 0) is 13.0 Å². The fourth-order valence-corrected chi connectivity index (χ4v) is 2.16. The van der Waals surface area contributed by atoms with Gasteiger partial charge in [-0.1, -0.05) is 12.1 Å². The number of aryl methyl sites for hydroxylation is 1. The van der Waals surface area contributed by atoms with Crippen LogP contribution in [0.5, 0.6) is 0 Å². The van der Waals surface area contributed by atoms with Gasteiger partial charge in [0.2, 0.25) is 0 Å². The minimum absolute atomic E-state index is 0.607. The minimum atomic E-state index is 0.607. The van der Waals surface area contributed by atoms with Crippen LogP contribution in [-0.4, -0.2) is 26.5 Å². The second-order valence-electron chi connectivity index (χ2n) is 3.53. The monoisotopic (exact) mass is 237 g/mol. The van der Waals surface area contributed by atoms with Gasteiger partial charge >= 0.3 is 0 Å². The third-order valence-corrected chi connectivity index (χ3v) is 3.25.